The molecule has 0 radical (unpaired) electrons. The lowest BCUT2D eigenvalue weighted by Gasteiger charge is -2.29. The monoisotopic (exact) mass is 384 g/mol. The van der Waals surface area contributed by atoms with E-state index in [1.54, 1.807) is 12.1 Å². The Morgan fingerprint density at radius 3 is 2.39 bits per heavy atom. The zero-order valence-corrected chi connectivity index (χ0v) is 15.8. The van der Waals surface area contributed by atoms with Gasteiger partial charge in [0.05, 0.1) is 25.4 Å². The van der Waals surface area contributed by atoms with E-state index in [4.69, 9.17) is 9.47 Å². The van der Waals surface area contributed by atoms with Crippen LogP contribution in [0.25, 0.3) is 0 Å². The molecule has 0 bridgehead atoms. The maximum atomic E-state index is 13.3. The second-order valence-corrected chi connectivity index (χ2v) is 7.20. The first kappa shape index (κ1) is 18.9. The van der Waals surface area contributed by atoms with Gasteiger partial charge in [-0.25, -0.2) is 4.39 Å². The van der Waals surface area contributed by atoms with Crippen LogP contribution in [0.3, 0.4) is 0 Å². The molecular formula is C22H25FN2O3. The van der Waals surface area contributed by atoms with Gasteiger partial charge in [0.2, 0.25) is 0 Å². The number of carbonyl (C=O) groups excluding carboxylic acids is 1. The van der Waals surface area contributed by atoms with E-state index in [9.17, 15) is 9.18 Å². The summed E-state index contributed by atoms with van der Waals surface area (Å²) in [5.74, 6) is -0.446. The lowest BCUT2D eigenvalue weighted by Crippen LogP contribution is -2.37. The van der Waals surface area contributed by atoms with Crippen LogP contribution in [0.4, 0.5) is 10.1 Å². The van der Waals surface area contributed by atoms with E-state index in [0.29, 0.717) is 12.2 Å². The number of rotatable bonds is 5. The molecule has 4 rings (SSSR count). The van der Waals surface area contributed by atoms with E-state index in [1.807, 2.05) is 24.3 Å². The number of ether oxygens (including phenoxy) is 2. The van der Waals surface area contributed by atoms with Crippen molar-refractivity contribution < 1.29 is 18.7 Å². The summed E-state index contributed by atoms with van der Waals surface area (Å²) in [5.41, 5.74) is 2.54. The van der Waals surface area contributed by atoms with Crippen molar-refractivity contribution in [1.82, 2.24) is 5.32 Å². The number of hydrogen-bond acceptors (Lipinski definition) is 4. The van der Waals surface area contributed by atoms with Crippen LogP contribution in [-0.4, -0.2) is 44.9 Å². The molecule has 2 aliphatic rings. The van der Waals surface area contributed by atoms with Crippen LogP contribution in [0.15, 0.2) is 48.5 Å². The van der Waals surface area contributed by atoms with Gasteiger partial charge in [-0.1, -0.05) is 12.1 Å². The molecule has 2 unspecified atom stereocenters. The van der Waals surface area contributed by atoms with Gasteiger partial charge in [0.15, 0.2) is 0 Å². The third-order valence-corrected chi connectivity index (χ3v) is 5.36. The minimum atomic E-state index is -0.297. The van der Waals surface area contributed by atoms with E-state index >= 15 is 0 Å². The van der Waals surface area contributed by atoms with Crippen molar-refractivity contribution in [3.05, 3.63) is 65.5 Å². The zero-order valence-electron chi connectivity index (χ0n) is 15.8. The highest BCUT2D eigenvalue weighted by molar-refractivity contribution is 5.94. The Hall–Kier alpha value is -2.44. The SMILES string of the molecule is O=C(NC(c1ccc(F)cc1)C1CCCO1)c1ccc(N2CCOCC2)cc1. The normalized spacial score (nSPS) is 20.8. The summed E-state index contributed by atoms with van der Waals surface area (Å²) in [6.45, 7) is 3.85. The van der Waals surface area contributed by atoms with Gasteiger partial charge in [0.1, 0.15) is 5.82 Å². The van der Waals surface area contributed by atoms with Crippen molar-refractivity contribution >= 4 is 11.6 Å². The molecule has 2 aliphatic heterocycles. The van der Waals surface area contributed by atoms with Crippen molar-refractivity contribution in [3.8, 4) is 0 Å². The number of morpholine rings is 1. The largest absolute Gasteiger partial charge is 0.378 e. The molecule has 0 aliphatic carbocycles. The molecule has 2 aromatic rings. The summed E-state index contributed by atoms with van der Waals surface area (Å²) in [7, 11) is 0. The molecule has 2 heterocycles. The minimum Gasteiger partial charge on any atom is -0.378 e. The molecule has 2 saturated heterocycles. The number of benzene rings is 2. The second-order valence-electron chi connectivity index (χ2n) is 7.20. The first-order chi connectivity index (χ1) is 13.7. The Morgan fingerprint density at radius 2 is 1.75 bits per heavy atom. The first-order valence-electron chi connectivity index (χ1n) is 9.81. The molecule has 5 nitrogen and oxygen atoms in total. The van der Waals surface area contributed by atoms with E-state index in [-0.39, 0.29) is 23.9 Å². The molecule has 2 fully saturated rings. The van der Waals surface area contributed by atoms with Crippen LogP contribution in [-0.2, 0) is 9.47 Å². The Kier molecular flexibility index (Phi) is 5.88. The molecule has 148 valence electrons. The Balaban J connectivity index is 1.48. The smallest absolute Gasteiger partial charge is 0.251 e. The summed E-state index contributed by atoms with van der Waals surface area (Å²) in [6.07, 6.45) is 1.74. The first-order valence-corrected chi connectivity index (χ1v) is 9.81. The average molecular weight is 384 g/mol. The molecule has 6 heteroatoms. The standard InChI is InChI=1S/C22H25FN2O3/c23-18-7-3-16(4-8-18)21(20-2-1-13-28-20)24-22(26)17-5-9-19(10-6-17)25-11-14-27-15-12-25/h3-10,20-21H,1-2,11-15H2,(H,24,26). The van der Waals surface area contributed by atoms with Gasteiger partial charge in [-0.3, -0.25) is 4.79 Å². The predicted molar refractivity (Wildman–Crippen MR) is 105 cm³/mol. The maximum absolute atomic E-state index is 13.3. The van der Waals surface area contributed by atoms with Crippen molar-refractivity contribution in [2.45, 2.75) is 25.0 Å². The molecule has 1 amide bonds. The van der Waals surface area contributed by atoms with Gasteiger partial charge in [-0.15, -0.1) is 0 Å². The summed E-state index contributed by atoms with van der Waals surface area (Å²) in [5, 5.41) is 3.09. The Labute approximate surface area is 164 Å². The van der Waals surface area contributed by atoms with Gasteiger partial charge in [0.25, 0.3) is 5.91 Å². The highest BCUT2D eigenvalue weighted by Crippen LogP contribution is 2.28. The zero-order chi connectivity index (χ0) is 19.3. The number of halogens is 1. The van der Waals surface area contributed by atoms with Crippen LogP contribution in [0.2, 0.25) is 0 Å². The van der Waals surface area contributed by atoms with Crippen LogP contribution in [0.5, 0.6) is 0 Å². The van der Waals surface area contributed by atoms with Gasteiger partial charge < -0.3 is 19.7 Å². The minimum absolute atomic E-state index is 0.0953. The quantitative estimate of drug-likeness (QED) is 0.859. The van der Waals surface area contributed by atoms with Crippen molar-refractivity contribution in [3.63, 3.8) is 0 Å². The molecule has 1 N–H and O–H groups in total. The number of nitrogens with one attached hydrogen (secondary N) is 1. The number of anilines is 1. The number of hydrogen-bond donors (Lipinski definition) is 1. The summed E-state index contributed by atoms with van der Waals surface area (Å²) >= 11 is 0. The van der Waals surface area contributed by atoms with Crippen LogP contribution < -0.4 is 10.2 Å². The lowest BCUT2D eigenvalue weighted by atomic mass is 9.98. The maximum Gasteiger partial charge on any atom is 0.251 e. The van der Waals surface area contributed by atoms with Gasteiger partial charge >= 0.3 is 0 Å². The van der Waals surface area contributed by atoms with E-state index < -0.39 is 0 Å². The molecular weight excluding hydrogens is 359 g/mol. The average Bonchev–Trinajstić information content (AvgIpc) is 3.28. The fourth-order valence-electron chi connectivity index (χ4n) is 3.80. The van der Waals surface area contributed by atoms with Gasteiger partial charge in [0, 0.05) is 30.9 Å². The lowest BCUT2D eigenvalue weighted by molar-refractivity contribution is 0.0672. The van der Waals surface area contributed by atoms with Crippen molar-refractivity contribution in [1.29, 1.82) is 0 Å². The Morgan fingerprint density at radius 1 is 1.04 bits per heavy atom. The molecule has 28 heavy (non-hydrogen) atoms. The van der Waals surface area contributed by atoms with Crippen LogP contribution >= 0.6 is 0 Å². The number of amides is 1. The fraction of sp³-hybridized carbons (Fsp3) is 0.409. The summed E-state index contributed by atoms with van der Waals surface area (Å²) in [4.78, 5) is 15.1. The number of nitrogens with zero attached hydrogens (tertiary/aromatic N) is 1. The molecule has 0 aromatic heterocycles. The van der Waals surface area contributed by atoms with Gasteiger partial charge in [-0.2, -0.15) is 0 Å². The highest BCUT2D eigenvalue weighted by atomic mass is 19.1. The summed E-state index contributed by atoms with van der Waals surface area (Å²) < 4.78 is 24.5. The van der Waals surface area contributed by atoms with E-state index in [1.165, 1.54) is 12.1 Å². The highest BCUT2D eigenvalue weighted by Gasteiger charge is 2.29. The molecule has 2 aromatic carbocycles. The molecule has 0 spiro atoms. The second kappa shape index (κ2) is 8.71. The van der Waals surface area contributed by atoms with E-state index in [0.717, 1.165) is 50.4 Å². The van der Waals surface area contributed by atoms with Gasteiger partial charge in [-0.05, 0) is 54.8 Å². The number of carbonyl (C=O) groups is 1. The fourth-order valence-corrected chi connectivity index (χ4v) is 3.80. The van der Waals surface area contributed by atoms with Crippen molar-refractivity contribution in [2.75, 3.05) is 37.8 Å². The summed E-state index contributed by atoms with van der Waals surface area (Å²) in [6, 6.07) is 13.6. The third-order valence-electron chi connectivity index (χ3n) is 5.36. The predicted octanol–water partition coefficient (Wildman–Crippen LogP) is 3.31. The topological polar surface area (TPSA) is 50.8 Å². The van der Waals surface area contributed by atoms with Crippen LogP contribution in [0, 0.1) is 5.82 Å². The van der Waals surface area contributed by atoms with Crippen LogP contribution in [0.1, 0.15) is 34.8 Å². The van der Waals surface area contributed by atoms with Crippen molar-refractivity contribution in [2.24, 2.45) is 0 Å². The molecule has 2 atom stereocenters. The van der Waals surface area contributed by atoms with E-state index in [2.05, 4.69) is 10.2 Å². The Bertz CT molecular complexity index is 782. The third kappa shape index (κ3) is 4.34. The molecule has 0 saturated carbocycles.